The second kappa shape index (κ2) is 8.64. The van der Waals surface area contributed by atoms with Crippen molar-refractivity contribution in [1.29, 1.82) is 0 Å². The Bertz CT molecular complexity index is 863. The van der Waals surface area contributed by atoms with Gasteiger partial charge in [0.25, 0.3) is 0 Å². The summed E-state index contributed by atoms with van der Waals surface area (Å²) in [5, 5.41) is 12.0. The largest absolute Gasteiger partial charge is 0.491 e. The molecule has 6 heteroatoms. The lowest BCUT2D eigenvalue weighted by Crippen LogP contribution is -2.92. The Morgan fingerprint density at radius 1 is 1.11 bits per heavy atom. The molecule has 1 aliphatic rings. The van der Waals surface area contributed by atoms with Crippen molar-refractivity contribution in [3.05, 3.63) is 65.7 Å². The summed E-state index contributed by atoms with van der Waals surface area (Å²) in [6, 6.07) is 18.4. The quantitative estimate of drug-likeness (QED) is 0.699. The second-order valence-electron chi connectivity index (χ2n) is 8.11. The molecule has 1 saturated heterocycles. The van der Waals surface area contributed by atoms with Gasteiger partial charge in [0.05, 0.1) is 5.75 Å². The molecular formula is C22H30NO4S+. The number of ether oxygens (including phenoxy) is 1. The predicted molar refractivity (Wildman–Crippen MR) is 110 cm³/mol. The predicted octanol–water partition coefficient (Wildman–Crippen LogP) is 1.50. The van der Waals surface area contributed by atoms with E-state index < -0.39 is 15.9 Å². The Labute approximate surface area is 167 Å². The number of sulfone groups is 1. The van der Waals surface area contributed by atoms with Crippen molar-refractivity contribution in [2.24, 2.45) is 0 Å². The van der Waals surface area contributed by atoms with Gasteiger partial charge in [0, 0.05) is 11.8 Å². The van der Waals surface area contributed by atoms with E-state index in [0.717, 1.165) is 5.75 Å². The molecule has 28 heavy (non-hydrogen) atoms. The summed E-state index contributed by atoms with van der Waals surface area (Å²) in [6.07, 6.45) is 0.0259. The highest BCUT2D eigenvalue weighted by molar-refractivity contribution is 7.91. The maximum Gasteiger partial charge on any atom is 0.156 e. The third-order valence-corrected chi connectivity index (χ3v) is 7.32. The minimum atomic E-state index is -2.88. The number of nitrogens with two attached hydrogens (primary N) is 1. The average Bonchev–Trinajstić information content (AvgIpc) is 3.04. The molecule has 5 nitrogen and oxygen atoms in total. The molecule has 0 unspecified atom stereocenters. The van der Waals surface area contributed by atoms with Crippen LogP contribution in [0.4, 0.5) is 0 Å². The lowest BCUT2D eigenvalue weighted by molar-refractivity contribution is -0.689. The maximum absolute atomic E-state index is 11.5. The normalized spacial score (nSPS) is 20.0. The number of aliphatic hydroxyl groups is 1. The molecule has 3 N–H and O–H groups in total. The first-order chi connectivity index (χ1) is 13.3. The maximum atomic E-state index is 11.5. The Morgan fingerprint density at radius 2 is 1.75 bits per heavy atom. The molecule has 0 aromatic heterocycles. The summed E-state index contributed by atoms with van der Waals surface area (Å²) in [7, 11) is -2.88. The van der Waals surface area contributed by atoms with Crippen LogP contribution in [0.5, 0.6) is 5.75 Å². The number of hydrogen-bond donors (Lipinski definition) is 2. The van der Waals surface area contributed by atoms with Crippen LogP contribution in [0, 0.1) is 0 Å². The zero-order valence-corrected chi connectivity index (χ0v) is 17.4. The van der Waals surface area contributed by atoms with Crippen LogP contribution in [0.3, 0.4) is 0 Å². The van der Waals surface area contributed by atoms with Crippen molar-refractivity contribution < 1.29 is 23.6 Å². The van der Waals surface area contributed by atoms with Crippen molar-refractivity contribution in [3.8, 4) is 5.75 Å². The molecule has 152 valence electrons. The smallest absolute Gasteiger partial charge is 0.156 e. The summed E-state index contributed by atoms with van der Waals surface area (Å²) < 4.78 is 28.7. The molecule has 0 saturated carbocycles. The molecule has 2 aromatic carbocycles. The summed E-state index contributed by atoms with van der Waals surface area (Å²) in [5.41, 5.74) is 2.35. The van der Waals surface area contributed by atoms with E-state index in [4.69, 9.17) is 4.74 Å². The van der Waals surface area contributed by atoms with E-state index in [2.05, 4.69) is 38.1 Å². The van der Waals surface area contributed by atoms with Crippen molar-refractivity contribution >= 4 is 9.84 Å². The van der Waals surface area contributed by atoms with Crippen LogP contribution in [0.2, 0.25) is 0 Å². The van der Waals surface area contributed by atoms with Gasteiger partial charge in [-0.3, -0.25) is 0 Å². The Morgan fingerprint density at radius 3 is 2.36 bits per heavy atom. The number of benzene rings is 2. The fourth-order valence-corrected chi connectivity index (χ4v) is 5.39. The molecule has 0 aliphatic carbocycles. The zero-order valence-electron chi connectivity index (χ0n) is 16.5. The van der Waals surface area contributed by atoms with Gasteiger partial charge in [-0.1, -0.05) is 56.3 Å². The third-order valence-electron chi connectivity index (χ3n) is 5.52. The van der Waals surface area contributed by atoms with Crippen molar-refractivity contribution in [1.82, 2.24) is 0 Å². The third kappa shape index (κ3) is 5.34. The lowest BCUT2D eigenvalue weighted by Gasteiger charge is -2.26. The van der Waals surface area contributed by atoms with Gasteiger partial charge in [0.1, 0.15) is 36.8 Å². The molecule has 3 rings (SSSR count). The van der Waals surface area contributed by atoms with Crippen LogP contribution >= 0.6 is 0 Å². The molecule has 0 bridgehead atoms. The van der Waals surface area contributed by atoms with Gasteiger partial charge in [-0.15, -0.1) is 0 Å². The number of aliphatic hydroxyl groups excluding tert-OH is 1. The molecule has 1 fully saturated rings. The highest BCUT2D eigenvalue weighted by Gasteiger charge is 2.30. The van der Waals surface area contributed by atoms with E-state index in [-0.39, 0.29) is 29.6 Å². The van der Waals surface area contributed by atoms with Gasteiger partial charge < -0.3 is 15.2 Å². The topological polar surface area (TPSA) is 80.2 Å². The SMILES string of the molecule is CC(C)(c1ccccc1)c1ccc(OC[C@@H](O)C[NH2+][C@H]2CCS(=O)(=O)C2)cc1. The van der Waals surface area contributed by atoms with Gasteiger partial charge in [0.2, 0.25) is 0 Å². The fraction of sp³-hybridized carbons (Fsp3) is 0.455. The molecule has 1 heterocycles. The number of quaternary nitrogens is 1. The Kier molecular flexibility index (Phi) is 6.43. The summed E-state index contributed by atoms with van der Waals surface area (Å²) >= 11 is 0. The molecule has 1 aliphatic heterocycles. The molecule has 0 radical (unpaired) electrons. The Hall–Kier alpha value is -1.89. The summed E-state index contributed by atoms with van der Waals surface area (Å²) in [6.45, 7) is 5.03. The molecule has 2 atom stereocenters. The van der Waals surface area contributed by atoms with E-state index in [0.29, 0.717) is 13.0 Å². The van der Waals surface area contributed by atoms with Crippen LogP contribution in [-0.2, 0) is 15.3 Å². The van der Waals surface area contributed by atoms with E-state index in [1.807, 2.05) is 35.6 Å². The lowest BCUT2D eigenvalue weighted by atomic mass is 9.78. The average molecular weight is 405 g/mol. The van der Waals surface area contributed by atoms with E-state index >= 15 is 0 Å². The van der Waals surface area contributed by atoms with Crippen LogP contribution in [-0.4, -0.2) is 50.3 Å². The minimum absolute atomic E-state index is 0.0548. The first-order valence-electron chi connectivity index (χ1n) is 9.77. The van der Waals surface area contributed by atoms with E-state index in [9.17, 15) is 13.5 Å². The highest BCUT2D eigenvalue weighted by Crippen LogP contribution is 2.32. The van der Waals surface area contributed by atoms with Crippen LogP contribution in [0.15, 0.2) is 54.6 Å². The van der Waals surface area contributed by atoms with Gasteiger partial charge in [0.15, 0.2) is 9.84 Å². The molecule has 0 amide bonds. The number of rotatable bonds is 8. The molecule has 0 spiro atoms. The monoisotopic (exact) mass is 404 g/mol. The van der Waals surface area contributed by atoms with Crippen LogP contribution in [0.1, 0.15) is 31.4 Å². The zero-order chi connectivity index (χ0) is 20.2. The standard InChI is InChI=1S/C22H29NO4S/c1-22(2,17-6-4-3-5-7-17)18-8-10-21(11-9-18)27-15-20(24)14-23-19-12-13-28(25,26)16-19/h3-11,19-20,23-24H,12-16H2,1-2H3/p+1/t19-,20-/m0/s1. The van der Waals surface area contributed by atoms with Gasteiger partial charge in [-0.25, -0.2) is 8.42 Å². The van der Waals surface area contributed by atoms with Crippen LogP contribution < -0.4 is 10.1 Å². The minimum Gasteiger partial charge on any atom is -0.491 e. The summed E-state index contributed by atoms with van der Waals surface area (Å²) in [4.78, 5) is 0. The van der Waals surface area contributed by atoms with Crippen molar-refractivity contribution in [2.45, 2.75) is 37.8 Å². The number of hydrogen-bond acceptors (Lipinski definition) is 4. The summed E-state index contributed by atoms with van der Waals surface area (Å²) in [5.74, 6) is 1.18. The fourth-order valence-electron chi connectivity index (χ4n) is 3.61. The van der Waals surface area contributed by atoms with Gasteiger partial charge in [-0.2, -0.15) is 0 Å². The van der Waals surface area contributed by atoms with Gasteiger partial charge >= 0.3 is 0 Å². The molecular weight excluding hydrogens is 374 g/mol. The Balaban J connectivity index is 1.49. The van der Waals surface area contributed by atoms with E-state index in [1.165, 1.54) is 11.1 Å². The van der Waals surface area contributed by atoms with Gasteiger partial charge in [-0.05, 0) is 23.3 Å². The molecule has 2 aromatic rings. The highest BCUT2D eigenvalue weighted by atomic mass is 32.2. The first-order valence-corrected chi connectivity index (χ1v) is 11.6. The van der Waals surface area contributed by atoms with Crippen molar-refractivity contribution in [2.75, 3.05) is 24.7 Å². The van der Waals surface area contributed by atoms with Crippen LogP contribution in [0.25, 0.3) is 0 Å². The van der Waals surface area contributed by atoms with E-state index in [1.54, 1.807) is 0 Å². The second-order valence-corrected chi connectivity index (χ2v) is 10.3. The first kappa shape index (κ1) is 20.8. The van der Waals surface area contributed by atoms with Crippen molar-refractivity contribution in [3.63, 3.8) is 0 Å².